The number of benzene rings is 4. The second-order valence-corrected chi connectivity index (χ2v) is 7.96. The van der Waals surface area contributed by atoms with E-state index in [0.717, 1.165) is 6.42 Å². The van der Waals surface area contributed by atoms with E-state index in [1.807, 2.05) is 0 Å². The summed E-state index contributed by atoms with van der Waals surface area (Å²) in [5.74, 6) is 0.670. The minimum absolute atomic E-state index is 0.670. The first-order valence-corrected chi connectivity index (χ1v) is 9.80. The van der Waals surface area contributed by atoms with E-state index in [1.165, 1.54) is 49.4 Å². The largest absolute Gasteiger partial charge is 0.0625 e. The zero-order valence-corrected chi connectivity index (χ0v) is 15.9. The van der Waals surface area contributed by atoms with Crippen LogP contribution in [0.3, 0.4) is 0 Å². The van der Waals surface area contributed by atoms with E-state index < -0.39 is 0 Å². The van der Waals surface area contributed by atoms with Crippen molar-refractivity contribution in [3.05, 3.63) is 95.9 Å². The highest BCUT2D eigenvalue weighted by Crippen LogP contribution is 2.42. The molecule has 0 heterocycles. The molecule has 0 amide bonds. The maximum absolute atomic E-state index is 2.40. The molecular weight excluding hydrogens is 324 g/mol. The summed E-state index contributed by atoms with van der Waals surface area (Å²) in [6.07, 6.45) is 5.90. The summed E-state index contributed by atoms with van der Waals surface area (Å²) in [6.45, 7) is 4.58. The van der Waals surface area contributed by atoms with Gasteiger partial charge in [0.2, 0.25) is 0 Å². The predicted octanol–water partition coefficient (Wildman–Crippen LogP) is 7.66. The van der Waals surface area contributed by atoms with Crippen molar-refractivity contribution in [2.75, 3.05) is 0 Å². The highest BCUT2D eigenvalue weighted by atomic mass is 14.2. The predicted molar refractivity (Wildman–Crippen MR) is 118 cm³/mol. The third-order valence-electron chi connectivity index (χ3n) is 5.50. The Balaban J connectivity index is 1.83. The second kappa shape index (κ2) is 6.39. The number of hydrogen-bond acceptors (Lipinski definition) is 0. The van der Waals surface area contributed by atoms with Gasteiger partial charge in [-0.05, 0) is 62.2 Å². The fourth-order valence-electron chi connectivity index (χ4n) is 4.41. The van der Waals surface area contributed by atoms with Gasteiger partial charge in [0.25, 0.3) is 0 Å². The van der Waals surface area contributed by atoms with Crippen LogP contribution in [0.15, 0.2) is 78.4 Å². The van der Waals surface area contributed by atoms with Gasteiger partial charge in [0, 0.05) is 6.42 Å². The fourth-order valence-corrected chi connectivity index (χ4v) is 4.41. The van der Waals surface area contributed by atoms with Crippen molar-refractivity contribution in [3.63, 3.8) is 0 Å². The Bertz CT molecular complexity index is 1140. The van der Waals surface area contributed by atoms with Crippen molar-refractivity contribution in [2.24, 2.45) is 5.92 Å². The average Bonchev–Trinajstić information content (AvgIpc) is 3.08. The molecular formula is C27H23. The van der Waals surface area contributed by atoms with Crippen LogP contribution < -0.4 is 0 Å². The maximum atomic E-state index is 2.40. The molecule has 0 heteroatoms. The van der Waals surface area contributed by atoms with Crippen LogP contribution in [-0.2, 0) is 0 Å². The molecule has 5 rings (SSSR count). The molecule has 0 atom stereocenters. The van der Waals surface area contributed by atoms with Crippen molar-refractivity contribution in [3.8, 4) is 11.1 Å². The molecule has 0 spiro atoms. The molecule has 0 aliphatic heterocycles. The molecule has 1 aliphatic rings. The molecule has 0 unspecified atom stereocenters. The van der Waals surface area contributed by atoms with Gasteiger partial charge < -0.3 is 0 Å². The Morgan fingerprint density at radius 1 is 0.741 bits per heavy atom. The Labute approximate surface area is 161 Å². The lowest BCUT2D eigenvalue weighted by molar-refractivity contribution is 0.649. The van der Waals surface area contributed by atoms with Crippen molar-refractivity contribution >= 4 is 27.6 Å². The molecule has 0 nitrogen and oxygen atoms in total. The molecule has 0 bridgehead atoms. The monoisotopic (exact) mass is 347 g/mol. The van der Waals surface area contributed by atoms with Crippen molar-refractivity contribution in [1.29, 1.82) is 0 Å². The van der Waals surface area contributed by atoms with Gasteiger partial charge in [0.05, 0.1) is 0 Å². The normalized spacial score (nSPS) is 13.4. The van der Waals surface area contributed by atoms with E-state index in [9.17, 15) is 0 Å². The van der Waals surface area contributed by atoms with Gasteiger partial charge in [-0.25, -0.2) is 0 Å². The Kier molecular flexibility index (Phi) is 3.86. The third kappa shape index (κ3) is 2.77. The Morgan fingerprint density at radius 2 is 1.41 bits per heavy atom. The SMILES string of the molecule is CC(C)CC1=Cc2c(cccc2-c2c3ccccc3cc3ccccc23)[CH]1. The van der Waals surface area contributed by atoms with Gasteiger partial charge in [-0.2, -0.15) is 0 Å². The van der Waals surface area contributed by atoms with E-state index in [1.54, 1.807) is 0 Å². The number of fused-ring (bicyclic) bond motifs is 3. The summed E-state index contributed by atoms with van der Waals surface area (Å²) < 4.78 is 0. The Hall–Kier alpha value is -2.86. The number of allylic oxidation sites excluding steroid dienone is 1. The highest BCUT2D eigenvalue weighted by molar-refractivity contribution is 6.14. The summed E-state index contributed by atoms with van der Waals surface area (Å²) in [4.78, 5) is 0. The quantitative estimate of drug-likeness (QED) is 0.334. The van der Waals surface area contributed by atoms with E-state index >= 15 is 0 Å². The van der Waals surface area contributed by atoms with Crippen LogP contribution in [0.2, 0.25) is 0 Å². The minimum Gasteiger partial charge on any atom is -0.0625 e. The first-order valence-electron chi connectivity index (χ1n) is 9.80. The minimum atomic E-state index is 0.670. The molecule has 4 aromatic rings. The first-order chi connectivity index (χ1) is 13.2. The molecule has 0 saturated heterocycles. The molecule has 0 fully saturated rings. The van der Waals surface area contributed by atoms with E-state index in [-0.39, 0.29) is 0 Å². The lowest BCUT2D eigenvalue weighted by Gasteiger charge is -2.15. The van der Waals surface area contributed by atoms with Crippen molar-refractivity contribution in [2.45, 2.75) is 20.3 Å². The molecule has 27 heavy (non-hydrogen) atoms. The molecule has 131 valence electrons. The van der Waals surface area contributed by atoms with Gasteiger partial charge in [-0.1, -0.05) is 92.2 Å². The van der Waals surface area contributed by atoms with E-state index in [0.29, 0.717) is 5.92 Å². The van der Waals surface area contributed by atoms with Crippen molar-refractivity contribution < 1.29 is 0 Å². The molecule has 0 aromatic heterocycles. The smallest absolute Gasteiger partial charge is 0.0164 e. The first kappa shape index (κ1) is 16.3. The summed E-state index contributed by atoms with van der Waals surface area (Å²) in [6, 6.07) is 26.6. The van der Waals surface area contributed by atoms with Gasteiger partial charge in [-0.15, -0.1) is 0 Å². The zero-order valence-electron chi connectivity index (χ0n) is 15.9. The standard InChI is InChI=1S/C27H23/c1-18(2)14-19-15-20-10-7-13-25(26(20)16-19)27-23-11-5-3-8-21(23)17-22-9-4-6-12-24(22)27/h3-13,15-18H,14H2,1-2H3. The maximum Gasteiger partial charge on any atom is 0.0164 e. The summed E-state index contributed by atoms with van der Waals surface area (Å²) in [7, 11) is 0. The molecule has 1 aliphatic carbocycles. The van der Waals surface area contributed by atoms with Crippen LogP contribution in [0.5, 0.6) is 0 Å². The van der Waals surface area contributed by atoms with Gasteiger partial charge >= 0.3 is 0 Å². The topological polar surface area (TPSA) is 0 Å². The lowest BCUT2D eigenvalue weighted by atomic mass is 9.89. The molecule has 4 aromatic carbocycles. The van der Waals surface area contributed by atoms with Gasteiger partial charge in [-0.3, -0.25) is 0 Å². The Morgan fingerprint density at radius 3 is 2.07 bits per heavy atom. The third-order valence-corrected chi connectivity index (χ3v) is 5.50. The fraction of sp³-hybridized carbons (Fsp3) is 0.148. The number of hydrogen-bond donors (Lipinski definition) is 0. The summed E-state index contributed by atoms with van der Waals surface area (Å²) in [5.41, 5.74) is 6.86. The molecule has 1 radical (unpaired) electrons. The summed E-state index contributed by atoms with van der Waals surface area (Å²) in [5, 5.41) is 5.26. The summed E-state index contributed by atoms with van der Waals surface area (Å²) >= 11 is 0. The van der Waals surface area contributed by atoms with Crippen LogP contribution >= 0.6 is 0 Å². The average molecular weight is 347 g/mol. The van der Waals surface area contributed by atoms with Crippen LogP contribution in [0.1, 0.15) is 31.4 Å². The highest BCUT2D eigenvalue weighted by Gasteiger charge is 2.20. The molecule has 0 saturated carbocycles. The lowest BCUT2D eigenvalue weighted by Crippen LogP contribution is -1.90. The van der Waals surface area contributed by atoms with Gasteiger partial charge in [0.15, 0.2) is 0 Å². The van der Waals surface area contributed by atoms with Gasteiger partial charge in [0.1, 0.15) is 0 Å². The van der Waals surface area contributed by atoms with Crippen LogP contribution in [0.25, 0.3) is 38.7 Å². The number of rotatable bonds is 3. The van der Waals surface area contributed by atoms with E-state index in [4.69, 9.17) is 0 Å². The van der Waals surface area contributed by atoms with Crippen molar-refractivity contribution in [1.82, 2.24) is 0 Å². The zero-order chi connectivity index (χ0) is 18.4. The molecule has 0 N–H and O–H groups in total. The van der Waals surface area contributed by atoms with E-state index in [2.05, 4.69) is 99.1 Å². The second-order valence-electron chi connectivity index (χ2n) is 7.96. The van der Waals surface area contributed by atoms with Crippen LogP contribution in [0, 0.1) is 12.3 Å². The van der Waals surface area contributed by atoms with Crippen LogP contribution in [-0.4, -0.2) is 0 Å². The van der Waals surface area contributed by atoms with Crippen LogP contribution in [0.4, 0.5) is 0 Å².